The number of nitrogens with one attached hydrogen (secondary N) is 2. The molecule has 2 N–H and O–H groups in total. The van der Waals surface area contributed by atoms with Crippen LogP contribution in [-0.4, -0.2) is 31.9 Å². The average molecular weight is 520 g/mol. The Labute approximate surface area is 219 Å². The van der Waals surface area contributed by atoms with E-state index < -0.39 is 11.8 Å². The molecular formula is C28H26ClN3O5. The largest absolute Gasteiger partial charge is 0.497 e. The number of benzene rings is 3. The number of halogens is 1. The second-order valence-corrected chi connectivity index (χ2v) is 8.95. The fraction of sp³-hybridized carbons (Fsp3) is 0.179. The topological polar surface area (TPSA) is 97.0 Å². The van der Waals surface area contributed by atoms with Gasteiger partial charge in [0.15, 0.2) is 0 Å². The van der Waals surface area contributed by atoms with Gasteiger partial charge < -0.3 is 20.1 Å². The van der Waals surface area contributed by atoms with Crippen LogP contribution in [0.5, 0.6) is 11.5 Å². The number of anilines is 3. The summed E-state index contributed by atoms with van der Waals surface area (Å²) in [5.74, 6) is -0.597. The molecule has 0 aromatic heterocycles. The Hall–Kier alpha value is -4.30. The van der Waals surface area contributed by atoms with Gasteiger partial charge in [0.25, 0.3) is 17.7 Å². The standard InChI is InChI=1S/C28H26ClN3O5/c1-16(2)20-7-5-6-8-21(20)31-26(33)17-9-11-18(12-10-17)30-25-24(29)27(34)32(28(25)35)22-15-19(36-3)13-14-23(22)37-4/h5-16,30H,1-4H3,(H,31,33). The predicted octanol–water partition coefficient (Wildman–Crippen LogP) is 5.52. The van der Waals surface area contributed by atoms with E-state index in [4.69, 9.17) is 21.1 Å². The summed E-state index contributed by atoms with van der Waals surface area (Å²) >= 11 is 6.27. The maximum absolute atomic E-state index is 13.2. The number of para-hydroxylation sites is 1. The molecule has 0 bridgehead atoms. The van der Waals surface area contributed by atoms with E-state index >= 15 is 0 Å². The SMILES string of the molecule is COc1ccc(OC)c(N2C(=O)C(Cl)=C(Nc3ccc(C(=O)Nc4ccccc4C(C)C)cc3)C2=O)c1. The van der Waals surface area contributed by atoms with Crippen LogP contribution in [0.1, 0.15) is 35.7 Å². The van der Waals surface area contributed by atoms with Crippen molar-refractivity contribution in [2.45, 2.75) is 19.8 Å². The first kappa shape index (κ1) is 25.8. The van der Waals surface area contributed by atoms with Crippen molar-refractivity contribution in [1.29, 1.82) is 0 Å². The molecule has 0 aliphatic carbocycles. The highest BCUT2D eigenvalue weighted by Crippen LogP contribution is 2.38. The number of hydrogen-bond donors (Lipinski definition) is 2. The zero-order valence-electron chi connectivity index (χ0n) is 20.8. The van der Waals surface area contributed by atoms with E-state index in [1.54, 1.807) is 36.4 Å². The van der Waals surface area contributed by atoms with E-state index in [1.165, 1.54) is 20.3 Å². The number of carbonyl (C=O) groups excluding carboxylic acids is 3. The van der Waals surface area contributed by atoms with Crippen LogP contribution in [0.4, 0.5) is 17.1 Å². The fourth-order valence-electron chi connectivity index (χ4n) is 3.96. The van der Waals surface area contributed by atoms with Gasteiger partial charge in [-0.25, -0.2) is 4.90 Å². The average Bonchev–Trinajstić information content (AvgIpc) is 3.11. The van der Waals surface area contributed by atoms with Gasteiger partial charge in [-0.15, -0.1) is 0 Å². The molecule has 4 rings (SSSR count). The second kappa shape index (κ2) is 10.8. The van der Waals surface area contributed by atoms with Gasteiger partial charge in [-0.2, -0.15) is 0 Å². The number of ether oxygens (including phenoxy) is 2. The Morgan fingerprint density at radius 3 is 2.27 bits per heavy atom. The van der Waals surface area contributed by atoms with Gasteiger partial charge in [-0.1, -0.05) is 43.6 Å². The Bertz CT molecular complexity index is 1400. The molecule has 0 spiro atoms. The second-order valence-electron chi connectivity index (χ2n) is 8.57. The number of amides is 3. The van der Waals surface area contributed by atoms with Crippen molar-refractivity contribution >= 4 is 46.4 Å². The maximum Gasteiger partial charge on any atom is 0.283 e. The van der Waals surface area contributed by atoms with Crippen LogP contribution in [0.15, 0.2) is 77.5 Å². The summed E-state index contributed by atoms with van der Waals surface area (Å²) in [6, 6.07) is 18.9. The number of nitrogens with zero attached hydrogens (tertiary/aromatic N) is 1. The Morgan fingerprint density at radius 1 is 0.919 bits per heavy atom. The van der Waals surface area contributed by atoms with Gasteiger partial charge in [-0.3, -0.25) is 14.4 Å². The van der Waals surface area contributed by atoms with Crippen molar-refractivity contribution in [3.05, 3.63) is 88.6 Å². The molecule has 0 atom stereocenters. The molecular weight excluding hydrogens is 494 g/mol. The van der Waals surface area contributed by atoms with Crippen LogP contribution in [0.3, 0.4) is 0 Å². The minimum atomic E-state index is -0.694. The first-order valence-electron chi connectivity index (χ1n) is 11.5. The Kier molecular flexibility index (Phi) is 7.50. The van der Waals surface area contributed by atoms with Crippen molar-refractivity contribution in [2.24, 2.45) is 0 Å². The third-order valence-electron chi connectivity index (χ3n) is 5.90. The molecule has 9 heteroatoms. The molecule has 3 aromatic rings. The summed E-state index contributed by atoms with van der Waals surface area (Å²) < 4.78 is 10.5. The summed E-state index contributed by atoms with van der Waals surface area (Å²) in [5.41, 5.74) is 2.83. The predicted molar refractivity (Wildman–Crippen MR) is 143 cm³/mol. The zero-order chi connectivity index (χ0) is 26.7. The van der Waals surface area contributed by atoms with Gasteiger partial charge in [0.05, 0.1) is 19.9 Å². The van der Waals surface area contributed by atoms with Crippen LogP contribution in [0.2, 0.25) is 0 Å². The summed E-state index contributed by atoms with van der Waals surface area (Å²) in [4.78, 5) is 39.9. The zero-order valence-corrected chi connectivity index (χ0v) is 21.6. The molecule has 0 unspecified atom stereocenters. The maximum atomic E-state index is 13.2. The number of imide groups is 1. The van der Waals surface area contributed by atoms with Crippen molar-refractivity contribution in [3.8, 4) is 11.5 Å². The van der Waals surface area contributed by atoms with Crippen LogP contribution >= 0.6 is 11.6 Å². The lowest BCUT2D eigenvalue weighted by Crippen LogP contribution is -2.32. The monoisotopic (exact) mass is 519 g/mol. The summed E-state index contributed by atoms with van der Waals surface area (Å²) in [6.45, 7) is 4.12. The molecule has 3 aromatic carbocycles. The minimum absolute atomic E-state index is 0.0837. The van der Waals surface area contributed by atoms with Gasteiger partial charge >= 0.3 is 0 Å². The summed E-state index contributed by atoms with van der Waals surface area (Å²) in [7, 11) is 2.91. The van der Waals surface area contributed by atoms with Crippen molar-refractivity contribution in [3.63, 3.8) is 0 Å². The quantitative estimate of drug-likeness (QED) is 0.381. The van der Waals surface area contributed by atoms with Crippen LogP contribution < -0.4 is 25.0 Å². The number of carbonyl (C=O) groups is 3. The highest BCUT2D eigenvalue weighted by molar-refractivity contribution is 6.53. The van der Waals surface area contributed by atoms with E-state index in [2.05, 4.69) is 24.5 Å². The third-order valence-corrected chi connectivity index (χ3v) is 6.25. The number of methoxy groups -OCH3 is 2. The molecule has 8 nitrogen and oxygen atoms in total. The lowest BCUT2D eigenvalue weighted by atomic mass is 10.0. The molecule has 0 fully saturated rings. The van der Waals surface area contributed by atoms with Crippen LogP contribution in [-0.2, 0) is 9.59 Å². The molecule has 190 valence electrons. The molecule has 37 heavy (non-hydrogen) atoms. The molecule has 1 aliphatic heterocycles. The van der Waals surface area contributed by atoms with Crippen LogP contribution in [0.25, 0.3) is 0 Å². The van der Waals surface area contributed by atoms with E-state index in [9.17, 15) is 14.4 Å². The van der Waals surface area contributed by atoms with E-state index in [-0.39, 0.29) is 28.2 Å². The van der Waals surface area contributed by atoms with Gasteiger partial charge in [0.1, 0.15) is 22.2 Å². The number of hydrogen-bond acceptors (Lipinski definition) is 6. The van der Waals surface area contributed by atoms with Crippen molar-refractivity contribution in [2.75, 3.05) is 29.8 Å². The van der Waals surface area contributed by atoms with Crippen LogP contribution in [0, 0.1) is 0 Å². The molecule has 1 aliphatic rings. The number of rotatable bonds is 8. The highest BCUT2D eigenvalue weighted by Gasteiger charge is 2.40. The minimum Gasteiger partial charge on any atom is -0.497 e. The van der Waals surface area contributed by atoms with E-state index in [0.717, 1.165) is 16.2 Å². The lowest BCUT2D eigenvalue weighted by Gasteiger charge is -2.19. The molecule has 1 heterocycles. The molecule has 0 saturated carbocycles. The Morgan fingerprint density at radius 2 is 1.62 bits per heavy atom. The van der Waals surface area contributed by atoms with Gasteiger partial charge in [0, 0.05) is 23.0 Å². The van der Waals surface area contributed by atoms with Crippen molar-refractivity contribution < 1.29 is 23.9 Å². The summed E-state index contributed by atoms with van der Waals surface area (Å²) in [6.07, 6.45) is 0. The van der Waals surface area contributed by atoms with Gasteiger partial charge in [0.2, 0.25) is 0 Å². The first-order chi connectivity index (χ1) is 17.7. The molecule has 0 radical (unpaired) electrons. The third kappa shape index (κ3) is 5.15. The smallest absolute Gasteiger partial charge is 0.283 e. The summed E-state index contributed by atoms with van der Waals surface area (Å²) in [5, 5.41) is 5.59. The highest BCUT2D eigenvalue weighted by atomic mass is 35.5. The molecule has 3 amide bonds. The van der Waals surface area contributed by atoms with E-state index in [0.29, 0.717) is 22.7 Å². The van der Waals surface area contributed by atoms with E-state index in [1.807, 2.05) is 24.3 Å². The first-order valence-corrected chi connectivity index (χ1v) is 11.9. The fourth-order valence-corrected chi connectivity index (χ4v) is 4.17. The Balaban J connectivity index is 1.52. The molecule has 0 saturated heterocycles. The lowest BCUT2D eigenvalue weighted by molar-refractivity contribution is -0.120. The normalized spacial score (nSPS) is 13.3. The van der Waals surface area contributed by atoms with Gasteiger partial charge in [-0.05, 0) is 53.9 Å². The van der Waals surface area contributed by atoms with Crippen molar-refractivity contribution in [1.82, 2.24) is 0 Å².